The molecule has 29 heavy (non-hydrogen) atoms. The molecule has 4 aliphatic heterocycles. The van der Waals surface area contributed by atoms with Crippen LogP contribution in [0, 0.1) is 11.8 Å². The smallest absolute Gasteiger partial charge is 0.311 e. The minimum atomic E-state index is -0.777. The van der Waals surface area contributed by atoms with Gasteiger partial charge in [-0.3, -0.25) is 14.4 Å². The summed E-state index contributed by atoms with van der Waals surface area (Å²) in [5.41, 5.74) is 0. The van der Waals surface area contributed by atoms with E-state index in [2.05, 4.69) is 6.92 Å². The second kappa shape index (κ2) is 8.14. The molecule has 158 valence electrons. The molecule has 0 radical (unpaired) electrons. The molecule has 4 heterocycles. The molecular formula is C21H28N2O5S. The van der Waals surface area contributed by atoms with Crippen molar-refractivity contribution in [2.75, 3.05) is 32.8 Å². The van der Waals surface area contributed by atoms with Crippen LogP contribution in [0.3, 0.4) is 0 Å². The molecule has 0 bridgehead atoms. The number of likely N-dealkylation sites (tertiary alicyclic amines) is 1. The van der Waals surface area contributed by atoms with Crippen molar-refractivity contribution in [3.63, 3.8) is 0 Å². The molecule has 0 saturated carbocycles. The van der Waals surface area contributed by atoms with Crippen LogP contribution in [0.2, 0.25) is 0 Å². The predicted octanol–water partition coefficient (Wildman–Crippen LogP) is 0.978. The first-order chi connectivity index (χ1) is 14.0. The molecule has 4 rings (SSSR count). The Morgan fingerprint density at radius 3 is 2.79 bits per heavy atom. The Bertz CT molecular complexity index is 753. The number of esters is 1. The van der Waals surface area contributed by atoms with Crippen LogP contribution in [0.1, 0.15) is 26.2 Å². The Hall–Kier alpha value is -1.80. The molecule has 7 nitrogen and oxygen atoms in total. The fourth-order valence-corrected chi connectivity index (χ4v) is 7.05. The van der Waals surface area contributed by atoms with Crippen LogP contribution in [-0.4, -0.2) is 81.6 Å². The van der Waals surface area contributed by atoms with Gasteiger partial charge >= 0.3 is 5.97 Å². The number of thioether (sulfide) groups is 1. The third kappa shape index (κ3) is 3.20. The zero-order chi connectivity index (χ0) is 20.6. The van der Waals surface area contributed by atoms with Crippen LogP contribution in [0.5, 0.6) is 0 Å². The van der Waals surface area contributed by atoms with Crippen molar-refractivity contribution >= 4 is 29.5 Å². The summed E-state index contributed by atoms with van der Waals surface area (Å²) in [6.45, 7) is 3.72. The van der Waals surface area contributed by atoms with E-state index >= 15 is 0 Å². The Morgan fingerprint density at radius 1 is 1.21 bits per heavy atom. The van der Waals surface area contributed by atoms with Gasteiger partial charge < -0.3 is 19.6 Å². The van der Waals surface area contributed by atoms with Crippen LogP contribution >= 0.6 is 11.8 Å². The van der Waals surface area contributed by atoms with E-state index in [1.807, 2.05) is 29.2 Å². The Morgan fingerprint density at radius 2 is 2.03 bits per heavy atom. The van der Waals surface area contributed by atoms with E-state index in [1.165, 1.54) is 0 Å². The molecule has 1 N–H and O–H groups in total. The van der Waals surface area contributed by atoms with Crippen molar-refractivity contribution in [1.29, 1.82) is 0 Å². The van der Waals surface area contributed by atoms with Gasteiger partial charge in [0.15, 0.2) is 0 Å². The zero-order valence-corrected chi connectivity index (χ0v) is 17.5. The number of amides is 2. The summed E-state index contributed by atoms with van der Waals surface area (Å²) in [7, 11) is 0. The number of ether oxygens (including phenoxy) is 1. The van der Waals surface area contributed by atoms with Crippen molar-refractivity contribution < 1.29 is 24.2 Å². The second-order valence-corrected chi connectivity index (χ2v) is 9.54. The maximum Gasteiger partial charge on any atom is 0.311 e. The first-order valence-corrected chi connectivity index (χ1v) is 11.3. The highest BCUT2D eigenvalue weighted by atomic mass is 32.2. The fourth-order valence-electron chi connectivity index (χ4n) is 5.05. The first-order valence-electron chi connectivity index (χ1n) is 10.4. The second-order valence-electron chi connectivity index (χ2n) is 8.05. The normalized spacial score (nSPS) is 35.9. The number of unbranched alkanes of at least 4 members (excludes halogenated alkanes) is 1. The van der Waals surface area contributed by atoms with E-state index in [9.17, 15) is 19.5 Å². The van der Waals surface area contributed by atoms with Crippen molar-refractivity contribution in [3.05, 3.63) is 24.3 Å². The van der Waals surface area contributed by atoms with Gasteiger partial charge in [-0.2, -0.15) is 0 Å². The molecule has 2 amide bonds. The quantitative estimate of drug-likeness (QED) is 0.509. The van der Waals surface area contributed by atoms with Gasteiger partial charge in [0.25, 0.3) is 0 Å². The SMILES string of the molecule is CCCCN1CC=C[C@]23S[C@@H]4C=CCOC(=O)[C@@H]4[C@H]2C(=O)N(CCCO)C3C1=O. The number of hydrogen-bond donors (Lipinski definition) is 1. The zero-order valence-electron chi connectivity index (χ0n) is 16.7. The molecule has 8 heteroatoms. The van der Waals surface area contributed by atoms with Crippen LogP contribution in [0.25, 0.3) is 0 Å². The number of carbonyl (C=O) groups is 3. The minimum absolute atomic E-state index is 0.0538. The fraction of sp³-hybridized carbons (Fsp3) is 0.667. The number of hydrogen-bond acceptors (Lipinski definition) is 6. The highest BCUT2D eigenvalue weighted by Gasteiger charge is 2.70. The van der Waals surface area contributed by atoms with E-state index in [0.717, 1.165) is 12.8 Å². The van der Waals surface area contributed by atoms with E-state index < -0.39 is 22.6 Å². The first kappa shape index (κ1) is 20.5. The third-order valence-electron chi connectivity index (χ3n) is 6.34. The third-order valence-corrected chi connectivity index (χ3v) is 8.08. The molecule has 1 spiro atoms. The van der Waals surface area contributed by atoms with Gasteiger partial charge in [-0.1, -0.05) is 37.6 Å². The lowest BCUT2D eigenvalue weighted by atomic mass is 9.78. The highest BCUT2D eigenvalue weighted by Crippen LogP contribution is 2.60. The molecule has 5 atom stereocenters. The number of cyclic esters (lactones) is 1. The Balaban J connectivity index is 1.77. The van der Waals surface area contributed by atoms with Crippen molar-refractivity contribution in [3.8, 4) is 0 Å². The molecule has 1 unspecified atom stereocenters. The molecule has 0 aliphatic carbocycles. The van der Waals surface area contributed by atoms with Gasteiger partial charge in [0, 0.05) is 31.5 Å². The van der Waals surface area contributed by atoms with E-state index in [1.54, 1.807) is 16.7 Å². The summed E-state index contributed by atoms with van der Waals surface area (Å²) in [6.07, 6.45) is 10.1. The number of fused-ring (bicyclic) bond motifs is 2. The van der Waals surface area contributed by atoms with Gasteiger partial charge in [-0.15, -0.1) is 11.8 Å². The lowest BCUT2D eigenvalue weighted by molar-refractivity contribution is -0.151. The van der Waals surface area contributed by atoms with Gasteiger partial charge in [-0.05, 0) is 12.8 Å². The average Bonchev–Trinajstić information content (AvgIpc) is 3.00. The van der Waals surface area contributed by atoms with Crippen molar-refractivity contribution in [2.24, 2.45) is 11.8 Å². The standard InChI is InChI=1S/C21H28N2O5S/c1-2-3-9-22-10-5-8-21-16(15-14(29-21)7-4-13-28-20(15)27)18(25)23(11-6-12-24)17(21)19(22)26/h4-5,7-8,14-17,24H,2-3,6,9-13H2,1H3/t14-,15+,16+,17?,21+/m1/s1. The monoisotopic (exact) mass is 420 g/mol. The van der Waals surface area contributed by atoms with Crippen LogP contribution in [-0.2, 0) is 19.1 Å². The number of aliphatic hydroxyl groups excluding tert-OH is 1. The topological polar surface area (TPSA) is 87.2 Å². The van der Waals surface area contributed by atoms with Gasteiger partial charge in [0.2, 0.25) is 11.8 Å². The summed E-state index contributed by atoms with van der Waals surface area (Å²) in [4.78, 5) is 43.3. The minimum Gasteiger partial charge on any atom is -0.461 e. The summed E-state index contributed by atoms with van der Waals surface area (Å²) < 4.78 is 4.55. The van der Waals surface area contributed by atoms with Gasteiger partial charge in [0.1, 0.15) is 12.6 Å². The lowest BCUT2D eigenvalue weighted by Gasteiger charge is -2.35. The van der Waals surface area contributed by atoms with Gasteiger partial charge in [-0.25, -0.2) is 0 Å². The molecule has 2 fully saturated rings. The van der Waals surface area contributed by atoms with Gasteiger partial charge in [0.05, 0.1) is 16.6 Å². The molecule has 0 aromatic rings. The summed E-state index contributed by atoms with van der Waals surface area (Å²) in [5.74, 6) is -1.81. The predicted molar refractivity (Wildman–Crippen MR) is 109 cm³/mol. The maximum absolute atomic E-state index is 13.6. The Kier molecular flexibility index (Phi) is 5.75. The Labute approximate surface area is 175 Å². The molecule has 2 saturated heterocycles. The number of nitrogens with zero attached hydrogens (tertiary/aromatic N) is 2. The lowest BCUT2D eigenvalue weighted by Crippen LogP contribution is -2.53. The number of rotatable bonds is 6. The van der Waals surface area contributed by atoms with E-state index in [4.69, 9.17) is 4.74 Å². The molecule has 0 aromatic carbocycles. The summed E-state index contributed by atoms with van der Waals surface area (Å²) in [5, 5.41) is 9.15. The summed E-state index contributed by atoms with van der Waals surface area (Å²) >= 11 is 1.55. The van der Waals surface area contributed by atoms with Crippen molar-refractivity contribution in [2.45, 2.75) is 42.2 Å². The maximum atomic E-state index is 13.6. The van der Waals surface area contributed by atoms with Crippen molar-refractivity contribution in [1.82, 2.24) is 9.80 Å². The molecule has 0 aromatic heterocycles. The number of aliphatic hydroxyl groups is 1. The van der Waals surface area contributed by atoms with E-state index in [0.29, 0.717) is 26.1 Å². The largest absolute Gasteiger partial charge is 0.461 e. The van der Waals surface area contributed by atoms with Crippen LogP contribution in [0.15, 0.2) is 24.3 Å². The van der Waals surface area contributed by atoms with E-state index in [-0.39, 0.29) is 36.2 Å². The molecular weight excluding hydrogens is 392 g/mol. The highest BCUT2D eigenvalue weighted by molar-refractivity contribution is 8.02. The summed E-state index contributed by atoms with van der Waals surface area (Å²) in [6, 6.07) is -0.653. The average molecular weight is 421 g/mol. The number of carbonyl (C=O) groups excluding carboxylic acids is 3. The van der Waals surface area contributed by atoms with Crippen LogP contribution in [0.4, 0.5) is 0 Å². The van der Waals surface area contributed by atoms with Crippen LogP contribution < -0.4 is 0 Å². The molecule has 4 aliphatic rings.